The van der Waals surface area contributed by atoms with Crippen molar-refractivity contribution in [2.45, 2.75) is 0 Å². The molecule has 0 unspecified atom stereocenters. The van der Waals surface area contributed by atoms with Crippen LogP contribution in [0.15, 0.2) is 66.0 Å². The minimum absolute atomic E-state index is 0.0955. The summed E-state index contributed by atoms with van der Waals surface area (Å²) >= 11 is 1.69. The first-order chi connectivity index (χ1) is 12.8. The molecule has 0 saturated carbocycles. The normalized spacial score (nSPS) is 14.2. The second kappa shape index (κ2) is 7.72. The number of thiophene rings is 1. The summed E-state index contributed by atoms with van der Waals surface area (Å²) in [5.41, 5.74) is 3.75. The van der Waals surface area contributed by atoms with Gasteiger partial charge in [0, 0.05) is 34.9 Å². The molecule has 1 aliphatic heterocycles. The predicted octanol–water partition coefficient (Wildman–Crippen LogP) is 4.50. The fourth-order valence-corrected chi connectivity index (χ4v) is 3.74. The Morgan fingerprint density at radius 1 is 0.962 bits per heavy atom. The van der Waals surface area contributed by atoms with Crippen LogP contribution in [0.3, 0.4) is 0 Å². The summed E-state index contributed by atoms with van der Waals surface area (Å²) < 4.78 is 5.38. The summed E-state index contributed by atoms with van der Waals surface area (Å²) in [7, 11) is 0. The third-order valence-corrected chi connectivity index (χ3v) is 5.37. The minimum Gasteiger partial charge on any atom is -0.378 e. The molecule has 1 aromatic heterocycles. The number of rotatable bonds is 4. The summed E-state index contributed by atoms with van der Waals surface area (Å²) in [6.07, 6.45) is 0. The van der Waals surface area contributed by atoms with Gasteiger partial charge in [0.25, 0.3) is 5.91 Å². The number of nitrogens with zero attached hydrogens (tertiary/aromatic N) is 1. The number of ether oxygens (including phenoxy) is 1. The van der Waals surface area contributed by atoms with Gasteiger partial charge in [-0.1, -0.05) is 18.2 Å². The summed E-state index contributed by atoms with van der Waals surface area (Å²) in [5, 5.41) is 5.02. The van der Waals surface area contributed by atoms with Gasteiger partial charge in [-0.15, -0.1) is 11.3 Å². The first-order valence-electron chi connectivity index (χ1n) is 8.68. The molecule has 0 atom stereocenters. The number of hydrogen-bond acceptors (Lipinski definition) is 4. The van der Waals surface area contributed by atoms with E-state index in [0.717, 1.165) is 43.2 Å². The standard InChI is InChI=1S/C21H20N2O2S/c24-21(17-5-3-16(4-6-17)20-2-1-15-26-20)22-18-7-9-19(10-8-18)23-11-13-25-14-12-23/h1-10,15H,11-14H2,(H,22,24). The van der Waals surface area contributed by atoms with E-state index in [9.17, 15) is 4.79 Å². The van der Waals surface area contributed by atoms with E-state index < -0.39 is 0 Å². The zero-order valence-electron chi connectivity index (χ0n) is 14.4. The van der Waals surface area contributed by atoms with E-state index in [1.807, 2.05) is 54.6 Å². The molecule has 0 bridgehead atoms. The second-order valence-electron chi connectivity index (χ2n) is 6.16. The SMILES string of the molecule is O=C(Nc1ccc(N2CCOCC2)cc1)c1ccc(-c2cccs2)cc1. The van der Waals surface area contributed by atoms with E-state index in [4.69, 9.17) is 4.74 Å². The van der Waals surface area contributed by atoms with E-state index >= 15 is 0 Å². The van der Waals surface area contributed by atoms with Gasteiger partial charge in [-0.25, -0.2) is 0 Å². The van der Waals surface area contributed by atoms with Gasteiger partial charge < -0.3 is 15.0 Å². The Bertz CT molecular complexity index is 852. The van der Waals surface area contributed by atoms with Crippen molar-refractivity contribution in [2.24, 2.45) is 0 Å². The van der Waals surface area contributed by atoms with E-state index in [-0.39, 0.29) is 5.91 Å². The fraction of sp³-hybridized carbons (Fsp3) is 0.190. The maximum Gasteiger partial charge on any atom is 0.255 e. The number of nitrogens with one attached hydrogen (secondary N) is 1. The third-order valence-electron chi connectivity index (χ3n) is 4.45. The lowest BCUT2D eigenvalue weighted by Crippen LogP contribution is -2.36. The Balaban J connectivity index is 1.41. The van der Waals surface area contributed by atoms with Crippen molar-refractivity contribution in [2.75, 3.05) is 36.5 Å². The first-order valence-corrected chi connectivity index (χ1v) is 9.56. The van der Waals surface area contributed by atoms with Crippen LogP contribution in [0.2, 0.25) is 0 Å². The van der Waals surface area contributed by atoms with Crippen molar-refractivity contribution in [3.05, 3.63) is 71.6 Å². The predicted molar refractivity (Wildman–Crippen MR) is 107 cm³/mol. The van der Waals surface area contributed by atoms with Crippen molar-refractivity contribution in [1.29, 1.82) is 0 Å². The number of carbonyl (C=O) groups excluding carboxylic acids is 1. The van der Waals surface area contributed by atoms with Crippen LogP contribution >= 0.6 is 11.3 Å². The molecule has 1 amide bonds. The van der Waals surface area contributed by atoms with Crippen molar-refractivity contribution >= 4 is 28.6 Å². The molecule has 2 aromatic carbocycles. The van der Waals surface area contributed by atoms with Crippen LogP contribution in [0.25, 0.3) is 10.4 Å². The van der Waals surface area contributed by atoms with Crippen LogP contribution in [0.4, 0.5) is 11.4 Å². The summed E-state index contributed by atoms with van der Waals surface area (Å²) in [6.45, 7) is 3.34. The molecule has 5 heteroatoms. The van der Waals surface area contributed by atoms with Crippen LogP contribution in [-0.4, -0.2) is 32.2 Å². The van der Waals surface area contributed by atoms with Crippen LogP contribution in [0.1, 0.15) is 10.4 Å². The molecule has 4 nitrogen and oxygen atoms in total. The topological polar surface area (TPSA) is 41.6 Å². The van der Waals surface area contributed by atoms with Crippen LogP contribution < -0.4 is 10.2 Å². The molecule has 3 aromatic rings. The summed E-state index contributed by atoms with van der Waals surface area (Å²) in [5.74, 6) is -0.0955. The van der Waals surface area contributed by atoms with Gasteiger partial charge in [-0.2, -0.15) is 0 Å². The molecule has 0 spiro atoms. The Kier molecular flexibility index (Phi) is 5.00. The van der Waals surface area contributed by atoms with Crippen LogP contribution in [0.5, 0.6) is 0 Å². The Hall–Kier alpha value is -2.63. The van der Waals surface area contributed by atoms with Crippen LogP contribution in [0, 0.1) is 0 Å². The van der Waals surface area contributed by atoms with Crippen molar-refractivity contribution < 1.29 is 9.53 Å². The average Bonchev–Trinajstić information content (AvgIpc) is 3.24. The van der Waals surface area contributed by atoms with Gasteiger partial charge in [-0.05, 0) is 53.4 Å². The molecular weight excluding hydrogens is 344 g/mol. The molecule has 1 N–H and O–H groups in total. The zero-order chi connectivity index (χ0) is 17.8. The number of hydrogen-bond donors (Lipinski definition) is 1. The van der Waals surface area contributed by atoms with Crippen molar-refractivity contribution in [1.82, 2.24) is 0 Å². The maximum absolute atomic E-state index is 12.5. The van der Waals surface area contributed by atoms with E-state index in [2.05, 4.69) is 21.7 Å². The van der Waals surface area contributed by atoms with Gasteiger partial charge in [0.1, 0.15) is 0 Å². The van der Waals surface area contributed by atoms with E-state index in [0.29, 0.717) is 5.56 Å². The second-order valence-corrected chi connectivity index (χ2v) is 7.10. The highest BCUT2D eigenvalue weighted by molar-refractivity contribution is 7.13. The number of carbonyl (C=O) groups is 1. The third kappa shape index (κ3) is 3.79. The first kappa shape index (κ1) is 16.8. The number of anilines is 2. The van der Waals surface area contributed by atoms with Gasteiger partial charge in [0.05, 0.1) is 13.2 Å². The Labute approximate surface area is 157 Å². The quantitative estimate of drug-likeness (QED) is 0.741. The van der Waals surface area contributed by atoms with E-state index in [1.54, 1.807) is 11.3 Å². The molecule has 1 saturated heterocycles. The molecule has 1 aliphatic rings. The number of amides is 1. The van der Waals surface area contributed by atoms with Crippen molar-refractivity contribution in [3.63, 3.8) is 0 Å². The highest BCUT2D eigenvalue weighted by atomic mass is 32.1. The highest BCUT2D eigenvalue weighted by Crippen LogP contribution is 2.25. The summed E-state index contributed by atoms with van der Waals surface area (Å²) in [6, 6.07) is 19.8. The molecule has 4 rings (SSSR count). The molecule has 0 radical (unpaired) electrons. The lowest BCUT2D eigenvalue weighted by Gasteiger charge is -2.28. The molecular formula is C21H20N2O2S. The van der Waals surface area contributed by atoms with E-state index in [1.165, 1.54) is 4.88 Å². The monoisotopic (exact) mass is 364 g/mol. The number of benzene rings is 2. The lowest BCUT2D eigenvalue weighted by molar-refractivity contribution is 0.102. The van der Waals surface area contributed by atoms with Gasteiger partial charge >= 0.3 is 0 Å². The lowest BCUT2D eigenvalue weighted by atomic mass is 10.1. The van der Waals surface area contributed by atoms with Gasteiger partial charge in [0.15, 0.2) is 0 Å². The smallest absolute Gasteiger partial charge is 0.255 e. The Morgan fingerprint density at radius 2 is 1.69 bits per heavy atom. The molecule has 26 heavy (non-hydrogen) atoms. The highest BCUT2D eigenvalue weighted by Gasteiger charge is 2.11. The minimum atomic E-state index is -0.0955. The fourth-order valence-electron chi connectivity index (χ4n) is 3.01. The maximum atomic E-state index is 12.5. The van der Waals surface area contributed by atoms with Gasteiger partial charge in [-0.3, -0.25) is 4.79 Å². The average molecular weight is 364 g/mol. The largest absolute Gasteiger partial charge is 0.378 e. The van der Waals surface area contributed by atoms with Crippen LogP contribution in [-0.2, 0) is 4.74 Å². The number of morpholine rings is 1. The van der Waals surface area contributed by atoms with Gasteiger partial charge in [0.2, 0.25) is 0 Å². The molecule has 1 fully saturated rings. The zero-order valence-corrected chi connectivity index (χ0v) is 15.2. The molecule has 132 valence electrons. The summed E-state index contributed by atoms with van der Waals surface area (Å²) in [4.78, 5) is 16.0. The molecule has 2 heterocycles. The Morgan fingerprint density at radius 3 is 2.35 bits per heavy atom. The molecule has 0 aliphatic carbocycles. The van der Waals surface area contributed by atoms with Crippen molar-refractivity contribution in [3.8, 4) is 10.4 Å².